The first-order valence-electron chi connectivity index (χ1n) is 6.31. The monoisotopic (exact) mass is 255 g/mol. The van der Waals surface area contributed by atoms with Crippen LogP contribution < -0.4 is 10.1 Å². The van der Waals surface area contributed by atoms with E-state index in [0.29, 0.717) is 23.6 Å². The Morgan fingerprint density at radius 2 is 1.79 bits per heavy atom. The molecule has 0 aliphatic heterocycles. The van der Waals surface area contributed by atoms with E-state index in [-0.39, 0.29) is 5.91 Å². The predicted molar refractivity (Wildman–Crippen MR) is 76.7 cm³/mol. The molecule has 3 nitrogen and oxygen atoms in total. The molecule has 0 saturated heterocycles. The summed E-state index contributed by atoms with van der Waals surface area (Å²) >= 11 is 0. The molecule has 0 saturated carbocycles. The summed E-state index contributed by atoms with van der Waals surface area (Å²) in [4.78, 5) is 12.2. The lowest BCUT2D eigenvalue weighted by atomic mass is 10.1. The van der Waals surface area contributed by atoms with E-state index in [1.165, 1.54) is 0 Å². The normalized spacial score (nSPS) is 10.0. The Hall–Kier alpha value is -2.29. The van der Waals surface area contributed by atoms with Gasteiger partial charge in [-0.25, -0.2) is 0 Å². The molecule has 19 heavy (non-hydrogen) atoms. The van der Waals surface area contributed by atoms with E-state index < -0.39 is 0 Å². The van der Waals surface area contributed by atoms with Gasteiger partial charge < -0.3 is 10.1 Å². The van der Waals surface area contributed by atoms with Gasteiger partial charge in [0.05, 0.1) is 12.3 Å². The number of rotatable bonds is 4. The Morgan fingerprint density at radius 3 is 2.53 bits per heavy atom. The number of aryl methyl sites for hydroxylation is 1. The minimum atomic E-state index is -0.120. The van der Waals surface area contributed by atoms with E-state index in [1.54, 1.807) is 0 Å². The first-order valence-corrected chi connectivity index (χ1v) is 6.31. The predicted octanol–water partition coefficient (Wildman–Crippen LogP) is 3.65. The van der Waals surface area contributed by atoms with E-state index in [2.05, 4.69) is 5.32 Å². The van der Waals surface area contributed by atoms with Gasteiger partial charge in [0, 0.05) is 5.56 Å². The lowest BCUT2D eigenvalue weighted by Crippen LogP contribution is -2.14. The van der Waals surface area contributed by atoms with Crippen LogP contribution in [-0.2, 0) is 0 Å². The van der Waals surface area contributed by atoms with Crippen molar-refractivity contribution < 1.29 is 9.53 Å². The van der Waals surface area contributed by atoms with E-state index in [0.717, 1.165) is 5.56 Å². The number of hydrogen-bond acceptors (Lipinski definition) is 2. The third kappa shape index (κ3) is 3.13. The first kappa shape index (κ1) is 13.1. The molecule has 0 aliphatic carbocycles. The van der Waals surface area contributed by atoms with Crippen LogP contribution in [0.3, 0.4) is 0 Å². The molecule has 3 heteroatoms. The van der Waals surface area contributed by atoms with Crippen LogP contribution in [0.4, 0.5) is 5.69 Å². The van der Waals surface area contributed by atoms with Gasteiger partial charge in [0.2, 0.25) is 0 Å². The highest BCUT2D eigenvalue weighted by Crippen LogP contribution is 2.24. The van der Waals surface area contributed by atoms with Gasteiger partial charge in [0.1, 0.15) is 5.75 Å². The van der Waals surface area contributed by atoms with Gasteiger partial charge in [0.15, 0.2) is 0 Å². The van der Waals surface area contributed by atoms with Crippen molar-refractivity contribution in [3.63, 3.8) is 0 Å². The zero-order chi connectivity index (χ0) is 13.7. The Bertz CT molecular complexity index is 578. The molecule has 0 aliphatic rings. The molecule has 0 radical (unpaired) electrons. The van der Waals surface area contributed by atoms with Gasteiger partial charge in [-0.1, -0.05) is 30.3 Å². The van der Waals surface area contributed by atoms with Crippen LogP contribution in [-0.4, -0.2) is 12.5 Å². The van der Waals surface area contributed by atoms with Gasteiger partial charge in [-0.3, -0.25) is 4.79 Å². The molecule has 0 spiro atoms. The smallest absolute Gasteiger partial charge is 0.256 e. The second-order valence-electron chi connectivity index (χ2n) is 4.20. The quantitative estimate of drug-likeness (QED) is 0.905. The number of ether oxygens (including phenoxy) is 1. The Kier molecular flexibility index (Phi) is 4.18. The highest BCUT2D eigenvalue weighted by molar-refractivity contribution is 6.05. The molecular weight excluding hydrogens is 238 g/mol. The van der Waals surface area contributed by atoms with Crippen molar-refractivity contribution >= 4 is 11.6 Å². The number of para-hydroxylation sites is 2. The highest BCUT2D eigenvalue weighted by atomic mass is 16.5. The summed E-state index contributed by atoms with van der Waals surface area (Å²) in [5.41, 5.74) is 2.32. The molecule has 2 rings (SSSR count). The van der Waals surface area contributed by atoms with Gasteiger partial charge in [-0.05, 0) is 37.6 Å². The average molecular weight is 255 g/mol. The van der Waals surface area contributed by atoms with Crippen molar-refractivity contribution in [2.45, 2.75) is 13.8 Å². The minimum absolute atomic E-state index is 0.120. The molecule has 0 bridgehead atoms. The fourth-order valence-electron chi connectivity index (χ4n) is 1.87. The molecule has 0 unspecified atom stereocenters. The largest absolute Gasteiger partial charge is 0.492 e. The molecular formula is C16H17NO2. The van der Waals surface area contributed by atoms with Crippen molar-refractivity contribution in [2.75, 3.05) is 11.9 Å². The Labute approximate surface area is 113 Å². The third-order valence-corrected chi connectivity index (χ3v) is 2.82. The molecule has 0 aromatic heterocycles. The maximum absolute atomic E-state index is 12.2. The van der Waals surface area contributed by atoms with Crippen LogP contribution in [0.25, 0.3) is 0 Å². The summed E-state index contributed by atoms with van der Waals surface area (Å²) in [7, 11) is 0. The van der Waals surface area contributed by atoms with Crippen LogP contribution in [0.5, 0.6) is 5.75 Å². The molecule has 0 atom stereocenters. The Balaban J connectivity index is 2.22. The number of anilines is 1. The van der Waals surface area contributed by atoms with Crippen LogP contribution >= 0.6 is 0 Å². The minimum Gasteiger partial charge on any atom is -0.492 e. The van der Waals surface area contributed by atoms with Crippen LogP contribution in [0.2, 0.25) is 0 Å². The standard InChI is InChI=1S/C16H17NO2/c1-3-19-15-11-7-6-10-14(15)17-16(18)13-9-5-4-8-12(13)2/h4-11H,3H2,1-2H3,(H,17,18). The molecule has 1 N–H and O–H groups in total. The third-order valence-electron chi connectivity index (χ3n) is 2.82. The maximum atomic E-state index is 12.2. The number of carbonyl (C=O) groups is 1. The number of benzene rings is 2. The number of nitrogens with one attached hydrogen (secondary N) is 1. The molecule has 0 fully saturated rings. The summed E-state index contributed by atoms with van der Waals surface area (Å²) in [6.07, 6.45) is 0. The molecule has 2 aromatic rings. The van der Waals surface area contributed by atoms with E-state index >= 15 is 0 Å². The summed E-state index contributed by atoms with van der Waals surface area (Å²) in [6, 6.07) is 14.9. The summed E-state index contributed by atoms with van der Waals surface area (Å²) in [5.74, 6) is 0.567. The maximum Gasteiger partial charge on any atom is 0.256 e. The summed E-state index contributed by atoms with van der Waals surface area (Å²) in [6.45, 7) is 4.40. The van der Waals surface area contributed by atoms with Gasteiger partial charge >= 0.3 is 0 Å². The fraction of sp³-hybridized carbons (Fsp3) is 0.188. The molecule has 2 aromatic carbocycles. The fourth-order valence-corrected chi connectivity index (χ4v) is 1.87. The SMILES string of the molecule is CCOc1ccccc1NC(=O)c1ccccc1C. The van der Waals surface area contributed by atoms with Crippen LogP contribution in [0.1, 0.15) is 22.8 Å². The van der Waals surface area contributed by atoms with Crippen molar-refractivity contribution in [1.82, 2.24) is 0 Å². The number of amides is 1. The lowest BCUT2D eigenvalue weighted by Gasteiger charge is -2.12. The molecule has 98 valence electrons. The van der Waals surface area contributed by atoms with Crippen molar-refractivity contribution in [2.24, 2.45) is 0 Å². The van der Waals surface area contributed by atoms with Crippen LogP contribution in [0.15, 0.2) is 48.5 Å². The zero-order valence-corrected chi connectivity index (χ0v) is 11.1. The summed E-state index contributed by atoms with van der Waals surface area (Å²) < 4.78 is 5.49. The van der Waals surface area contributed by atoms with Crippen LogP contribution in [0, 0.1) is 6.92 Å². The second-order valence-corrected chi connectivity index (χ2v) is 4.20. The first-order chi connectivity index (χ1) is 9.22. The van der Waals surface area contributed by atoms with E-state index in [1.807, 2.05) is 62.4 Å². The van der Waals surface area contributed by atoms with Gasteiger partial charge in [-0.15, -0.1) is 0 Å². The van der Waals surface area contributed by atoms with Gasteiger partial charge in [-0.2, -0.15) is 0 Å². The Morgan fingerprint density at radius 1 is 1.11 bits per heavy atom. The van der Waals surface area contributed by atoms with Gasteiger partial charge in [0.25, 0.3) is 5.91 Å². The molecule has 0 heterocycles. The van der Waals surface area contributed by atoms with Crippen molar-refractivity contribution in [3.05, 3.63) is 59.7 Å². The van der Waals surface area contributed by atoms with Crippen molar-refractivity contribution in [3.8, 4) is 5.75 Å². The average Bonchev–Trinajstić information content (AvgIpc) is 2.41. The zero-order valence-electron chi connectivity index (χ0n) is 11.1. The van der Waals surface area contributed by atoms with Crippen molar-refractivity contribution in [1.29, 1.82) is 0 Å². The number of carbonyl (C=O) groups excluding carboxylic acids is 1. The highest BCUT2D eigenvalue weighted by Gasteiger charge is 2.10. The second kappa shape index (κ2) is 6.05. The number of hydrogen-bond donors (Lipinski definition) is 1. The van der Waals surface area contributed by atoms with E-state index in [4.69, 9.17) is 4.74 Å². The van der Waals surface area contributed by atoms with E-state index in [9.17, 15) is 4.79 Å². The lowest BCUT2D eigenvalue weighted by molar-refractivity contribution is 0.102. The molecule has 1 amide bonds. The topological polar surface area (TPSA) is 38.3 Å². The summed E-state index contributed by atoms with van der Waals surface area (Å²) in [5, 5.41) is 2.89.